The predicted molar refractivity (Wildman–Crippen MR) is 93.8 cm³/mol. The Bertz CT molecular complexity index is 823. The van der Waals surface area contributed by atoms with E-state index < -0.39 is 5.54 Å². The van der Waals surface area contributed by atoms with Crippen LogP contribution in [0.15, 0.2) is 54.6 Å². The van der Waals surface area contributed by atoms with Crippen molar-refractivity contribution in [3.8, 4) is 0 Å². The van der Waals surface area contributed by atoms with Gasteiger partial charge in [-0.15, -0.1) is 11.3 Å². The zero-order valence-corrected chi connectivity index (χ0v) is 14.0. The Hall–Kier alpha value is -1.84. The molecule has 0 saturated heterocycles. The van der Waals surface area contributed by atoms with Crippen LogP contribution in [0, 0.1) is 0 Å². The van der Waals surface area contributed by atoms with Gasteiger partial charge in [-0.1, -0.05) is 60.1 Å². The molecule has 0 spiro atoms. The molecule has 4 heteroatoms. The fourth-order valence-corrected chi connectivity index (χ4v) is 3.84. The molecule has 0 unspecified atom stereocenters. The van der Waals surface area contributed by atoms with E-state index in [4.69, 9.17) is 11.6 Å². The normalized spacial score (nSPS) is 11.6. The first-order valence-electron chi connectivity index (χ1n) is 7.04. The lowest BCUT2D eigenvalue weighted by molar-refractivity contribution is 0.0916. The van der Waals surface area contributed by atoms with Crippen molar-refractivity contribution in [3.63, 3.8) is 0 Å². The van der Waals surface area contributed by atoms with Gasteiger partial charge in [0.1, 0.15) is 4.88 Å². The minimum atomic E-state index is -0.460. The summed E-state index contributed by atoms with van der Waals surface area (Å²) in [5.41, 5.74) is 0.596. The maximum absolute atomic E-state index is 12.6. The molecule has 0 radical (unpaired) electrons. The molecular weight excluding hydrogens is 314 g/mol. The lowest BCUT2D eigenvalue weighted by Crippen LogP contribution is -2.40. The number of benzene rings is 2. The summed E-state index contributed by atoms with van der Waals surface area (Å²) >= 11 is 7.80. The second-order valence-corrected chi connectivity index (χ2v) is 7.12. The summed E-state index contributed by atoms with van der Waals surface area (Å²) in [4.78, 5) is 13.2. The van der Waals surface area contributed by atoms with Crippen molar-refractivity contribution in [1.82, 2.24) is 5.32 Å². The van der Waals surface area contributed by atoms with Crippen LogP contribution >= 0.6 is 22.9 Å². The molecule has 0 atom stereocenters. The lowest BCUT2D eigenvalue weighted by Gasteiger charge is -2.26. The molecule has 22 heavy (non-hydrogen) atoms. The number of rotatable bonds is 3. The van der Waals surface area contributed by atoms with E-state index in [1.54, 1.807) is 0 Å². The van der Waals surface area contributed by atoms with E-state index in [1.807, 2.05) is 68.4 Å². The number of halogens is 1. The van der Waals surface area contributed by atoms with Gasteiger partial charge in [0, 0.05) is 10.1 Å². The smallest absolute Gasteiger partial charge is 0.263 e. The van der Waals surface area contributed by atoms with E-state index in [9.17, 15) is 4.79 Å². The summed E-state index contributed by atoms with van der Waals surface area (Å²) in [6.45, 7) is 3.98. The van der Waals surface area contributed by atoms with Crippen molar-refractivity contribution in [2.75, 3.05) is 0 Å². The van der Waals surface area contributed by atoms with Gasteiger partial charge in [-0.2, -0.15) is 0 Å². The molecular formula is C18H16ClNOS. The number of carbonyl (C=O) groups excluding carboxylic acids is 1. The van der Waals surface area contributed by atoms with E-state index >= 15 is 0 Å². The van der Waals surface area contributed by atoms with Gasteiger partial charge in [0.2, 0.25) is 0 Å². The van der Waals surface area contributed by atoms with Crippen LogP contribution in [0.1, 0.15) is 29.1 Å². The van der Waals surface area contributed by atoms with E-state index in [2.05, 4.69) is 5.32 Å². The number of thiophene rings is 1. The molecule has 1 heterocycles. The molecule has 0 saturated carbocycles. The third-order valence-corrected chi connectivity index (χ3v) is 5.34. The maximum Gasteiger partial charge on any atom is 0.263 e. The second kappa shape index (κ2) is 5.75. The fraction of sp³-hybridized carbons (Fsp3) is 0.167. The zero-order valence-electron chi connectivity index (χ0n) is 12.4. The molecule has 0 aliphatic carbocycles. The van der Waals surface area contributed by atoms with Crippen molar-refractivity contribution < 1.29 is 4.79 Å². The van der Waals surface area contributed by atoms with E-state index in [-0.39, 0.29) is 5.91 Å². The number of amides is 1. The standard InChI is InChI=1S/C18H16ClNOS/c1-18(2,12-8-4-3-5-9-12)20-17(21)16-15(19)13-10-6-7-11-14(13)22-16/h3-11H,1-2H3,(H,20,21). The number of hydrogen-bond donors (Lipinski definition) is 1. The molecule has 112 valence electrons. The molecule has 0 aliphatic rings. The van der Waals surface area contributed by atoms with Crippen molar-refractivity contribution in [2.45, 2.75) is 19.4 Å². The van der Waals surface area contributed by atoms with Crippen LogP contribution in [0.25, 0.3) is 10.1 Å². The summed E-state index contributed by atoms with van der Waals surface area (Å²) in [6.07, 6.45) is 0. The number of carbonyl (C=O) groups is 1. The molecule has 0 bridgehead atoms. The minimum Gasteiger partial charge on any atom is -0.342 e. The lowest BCUT2D eigenvalue weighted by atomic mass is 9.94. The average molecular weight is 330 g/mol. The Labute approximate surface area is 138 Å². The molecule has 3 aromatic rings. The van der Waals surface area contributed by atoms with Gasteiger partial charge >= 0.3 is 0 Å². The third-order valence-electron chi connectivity index (χ3n) is 3.66. The van der Waals surface area contributed by atoms with Crippen LogP contribution in [-0.2, 0) is 5.54 Å². The first-order valence-corrected chi connectivity index (χ1v) is 8.23. The van der Waals surface area contributed by atoms with E-state index in [1.165, 1.54) is 11.3 Å². The Morgan fingerprint density at radius 1 is 1.05 bits per heavy atom. The van der Waals surface area contributed by atoms with Gasteiger partial charge in [0.05, 0.1) is 10.6 Å². The van der Waals surface area contributed by atoms with Gasteiger partial charge in [0.15, 0.2) is 0 Å². The molecule has 1 aromatic heterocycles. The summed E-state index contributed by atoms with van der Waals surface area (Å²) in [6, 6.07) is 17.7. The minimum absolute atomic E-state index is 0.139. The molecule has 3 rings (SSSR count). The Morgan fingerprint density at radius 3 is 2.36 bits per heavy atom. The number of hydrogen-bond acceptors (Lipinski definition) is 2. The summed E-state index contributed by atoms with van der Waals surface area (Å²) in [5, 5.41) is 4.53. The quantitative estimate of drug-likeness (QED) is 0.701. The highest BCUT2D eigenvalue weighted by Crippen LogP contribution is 2.35. The van der Waals surface area contributed by atoms with Crippen molar-refractivity contribution in [3.05, 3.63) is 70.1 Å². The Balaban J connectivity index is 1.92. The van der Waals surface area contributed by atoms with Crippen LogP contribution in [-0.4, -0.2) is 5.91 Å². The highest BCUT2D eigenvalue weighted by atomic mass is 35.5. The SMILES string of the molecule is CC(C)(NC(=O)c1sc2ccccc2c1Cl)c1ccccc1. The highest BCUT2D eigenvalue weighted by Gasteiger charge is 2.25. The number of fused-ring (bicyclic) bond motifs is 1. The van der Waals surface area contributed by atoms with E-state index in [0.717, 1.165) is 15.6 Å². The second-order valence-electron chi connectivity index (χ2n) is 5.69. The van der Waals surface area contributed by atoms with Gasteiger partial charge in [0.25, 0.3) is 5.91 Å². The average Bonchev–Trinajstić information content (AvgIpc) is 2.86. The summed E-state index contributed by atoms with van der Waals surface area (Å²) in [7, 11) is 0. The topological polar surface area (TPSA) is 29.1 Å². The largest absolute Gasteiger partial charge is 0.342 e. The van der Waals surface area contributed by atoms with Crippen molar-refractivity contribution in [1.29, 1.82) is 0 Å². The highest BCUT2D eigenvalue weighted by molar-refractivity contribution is 7.21. The van der Waals surface area contributed by atoms with Gasteiger partial charge in [-0.25, -0.2) is 0 Å². The molecule has 0 aliphatic heterocycles. The zero-order chi connectivity index (χ0) is 15.7. The van der Waals surface area contributed by atoms with Crippen LogP contribution in [0.3, 0.4) is 0 Å². The maximum atomic E-state index is 12.6. The van der Waals surface area contributed by atoms with Crippen LogP contribution in [0.2, 0.25) is 5.02 Å². The molecule has 2 aromatic carbocycles. The molecule has 2 nitrogen and oxygen atoms in total. The monoisotopic (exact) mass is 329 g/mol. The summed E-state index contributed by atoms with van der Waals surface area (Å²) in [5.74, 6) is -0.139. The van der Waals surface area contributed by atoms with E-state index in [0.29, 0.717) is 9.90 Å². The molecule has 1 N–H and O–H groups in total. The van der Waals surface area contributed by atoms with Crippen molar-refractivity contribution >= 4 is 38.9 Å². The van der Waals surface area contributed by atoms with Gasteiger partial charge in [-0.3, -0.25) is 4.79 Å². The number of nitrogens with one attached hydrogen (secondary N) is 1. The molecule has 0 fully saturated rings. The third kappa shape index (κ3) is 2.74. The van der Waals surface area contributed by atoms with Crippen LogP contribution in [0.4, 0.5) is 0 Å². The van der Waals surface area contributed by atoms with Crippen molar-refractivity contribution in [2.24, 2.45) is 0 Å². The fourth-order valence-electron chi connectivity index (χ4n) is 2.43. The van der Waals surface area contributed by atoms with Gasteiger partial charge < -0.3 is 5.32 Å². The molecule has 1 amide bonds. The Morgan fingerprint density at radius 2 is 1.68 bits per heavy atom. The van der Waals surface area contributed by atoms with Crippen LogP contribution in [0.5, 0.6) is 0 Å². The Kier molecular flexibility index (Phi) is 3.94. The van der Waals surface area contributed by atoms with Gasteiger partial charge in [-0.05, 0) is 25.5 Å². The first kappa shape index (κ1) is 15.1. The van der Waals surface area contributed by atoms with Crippen LogP contribution < -0.4 is 5.32 Å². The first-order chi connectivity index (χ1) is 10.5. The summed E-state index contributed by atoms with van der Waals surface area (Å²) < 4.78 is 1.02. The predicted octanol–water partition coefficient (Wildman–Crippen LogP) is 5.22.